The van der Waals surface area contributed by atoms with Gasteiger partial charge in [0.05, 0.1) is 6.04 Å². The molecule has 1 saturated heterocycles. The second-order valence-electron chi connectivity index (χ2n) is 8.10. The molecule has 1 aliphatic carbocycles. The van der Waals surface area contributed by atoms with Crippen molar-refractivity contribution in [1.29, 1.82) is 0 Å². The normalized spacial score (nSPS) is 28.0. The maximum Gasteiger partial charge on any atom is 0.240 e. The monoisotopic (exact) mass is 294 g/mol. The Morgan fingerprint density at radius 2 is 1.71 bits per heavy atom. The lowest BCUT2D eigenvalue weighted by Gasteiger charge is -2.53. The van der Waals surface area contributed by atoms with Crippen LogP contribution < -0.4 is 5.32 Å². The van der Waals surface area contributed by atoms with Gasteiger partial charge in [-0.3, -0.25) is 10.1 Å². The minimum atomic E-state index is -0.0817. The van der Waals surface area contributed by atoms with Gasteiger partial charge in [0.25, 0.3) is 0 Å². The Morgan fingerprint density at radius 3 is 2.19 bits per heavy atom. The van der Waals surface area contributed by atoms with Gasteiger partial charge in [-0.1, -0.05) is 33.1 Å². The Morgan fingerprint density at radius 1 is 1.14 bits per heavy atom. The molecule has 2 aliphatic rings. The molecular formula is C18H34N2O. The van der Waals surface area contributed by atoms with E-state index < -0.39 is 0 Å². The first kappa shape index (κ1) is 16.8. The standard InChI is InChI=1S/C18H34N2O/c1-6-18(7-2)13-20(17(3,4)5)16(21)15(19-18)14-11-9-8-10-12-14/h14-15,19H,6-13H2,1-5H3. The fourth-order valence-electron chi connectivity index (χ4n) is 4.02. The molecule has 0 radical (unpaired) electrons. The molecule has 1 unspecified atom stereocenters. The molecule has 0 bridgehead atoms. The van der Waals surface area contributed by atoms with Crippen molar-refractivity contribution in [2.24, 2.45) is 5.92 Å². The molecule has 1 amide bonds. The second kappa shape index (κ2) is 6.28. The average Bonchev–Trinajstić information content (AvgIpc) is 2.48. The summed E-state index contributed by atoms with van der Waals surface area (Å²) in [6.45, 7) is 11.9. The molecular weight excluding hydrogens is 260 g/mol. The number of amides is 1. The van der Waals surface area contributed by atoms with Gasteiger partial charge in [-0.25, -0.2) is 0 Å². The van der Waals surface area contributed by atoms with Crippen molar-refractivity contribution in [2.45, 2.75) is 96.7 Å². The molecule has 3 heteroatoms. The summed E-state index contributed by atoms with van der Waals surface area (Å²) in [5.41, 5.74) is 0.0188. The summed E-state index contributed by atoms with van der Waals surface area (Å²) in [6, 6.07) is 0.0400. The third-order valence-electron chi connectivity index (χ3n) is 5.74. The van der Waals surface area contributed by atoms with E-state index in [2.05, 4.69) is 44.8 Å². The van der Waals surface area contributed by atoms with E-state index in [0.29, 0.717) is 11.8 Å². The van der Waals surface area contributed by atoms with Gasteiger partial charge in [0.1, 0.15) is 0 Å². The average molecular weight is 294 g/mol. The van der Waals surface area contributed by atoms with Crippen molar-refractivity contribution >= 4 is 5.91 Å². The third kappa shape index (κ3) is 3.44. The van der Waals surface area contributed by atoms with Crippen LogP contribution in [-0.2, 0) is 4.79 Å². The summed E-state index contributed by atoms with van der Waals surface area (Å²) in [5, 5.41) is 3.80. The highest BCUT2D eigenvalue weighted by Crippen LogP contribution is 2.34. The molecule has 1 heterocycles. The first-order valence-corrected chi connectivity index (χ1v) is 8.92. The van der Waals surface area contributed by atoms with Crippen LogP contribution in [0.3, 0.4) is 0 Å². The summed E-state index contributed by atoms with van der Waals surface area (Å²) < 4.78 is 0. The summed E-state index contributed by atoms with van der Waals surface area (Å²) in [5.74, 6) is 0.876. The number of rotatable bonds is 3. The molecule has 1 atom stereocenters. The smallest absolute Gasteiger partial charge is 0.240 e. The largest absolute Gasteiger partial charge is 0.335 e. The molecule has 122 valence electrons. The molecule has 0 aromatic rings. The Bertz CT molecular complexity index is 362. The fraction of sp³-hybridized carbons (Fsp3) is 0.944. The summed E-state index contributed by atoms with van der Waals surface area (Å²) >= 11 is 0. The van der Waals surface area contributed by atoms with E-state index in [0.717, 1.165) is 19.4 Å². The highest BCUT2D eigenvalue weighted by atomic mass is 16.2. The lowest BCUT2D eigenvalue weighted by Crippen LogP contribution is -2.71. The van der Waals surface area contributed by atoms with Crippen molar-refractivity contribution in [3.8, 4) is 0 Å². The predicted molar refractivity (Wildman–Crippen MR) is 88.3 cm³/mol. The first-order chi connectivity index (χ1) is 9.83. The highest BCUT2D eigenvalue weighted by molar-refractivity contribution is 5.84. The molecule has 1 N–H and O–H groups in total. The van der Waals surface area contributed by atoms with Crippen LogP contribution >= 0.6 is 0 Å². The van der Waals surface area contributed by atoms with E-state index in [1.54, 1.807) is 0 Å². The first-order valence-electron chi connectivity index (χ1n) is 8.92. The van der Waals surface area contributed by atoms with E-state index in [1.165, 1.54) is 32.1 Å². The number of carbonyl (C=O) groups is 1. The van der Waals surface area contributed by atoms with Gasteiger partial charge >= 0.3 is 0 Å². The molecule has 0 aromatic carbocycles. The van der Waals surface area contributed by atoms with Gasteiger partial charge in [0, 0.05) is 17.6 Å². The van der Waals surface area contributed by atoms with Crippen LogP contribution in [0.25, 0.3) is 0 Å². The van der Waals surface area contributed by atoms with Gasteiger partial charge in [-0.2, -0.15) is 0 Å². The lowest BCUT2D eigenvalue weighted by molar-refractivity contribution is -0.148. The fourth-order valence-corrected chi connectivity index (χ4v) is 4.02. The van der Waals surface area contributed by atoms with Gasteiger partial charge in [-0.15, -0.1) is 0 Å². The predicted octanol–water partition coefficient (Wildman–Crippen LogP) is 3.72. The number of piperazine rings is 1. The van der Waals surface area contributed by atoms with E-state index >= 15 is 0 Å². The number of nitrogens with zero attached hydrogens (tertiary/aromatic N) is 1. The zero-order chi connectivity index (χ0) is 15.7. The highest BCUT2D eigenvalue weighted by Gasteiger charge is 2.47. The van der Waals surface area contributed by atoms with Crippen LogP contribution in [0.15, 0.2) is 0 Å². The number of hydrogen-bond donors (Lipinski definition) is 1. The molecule has 2 rings (SSSR count). The van der Waals surface area contributed by atoms with Crippen LogP contribution in [0.1, 0.15) is 79.6 Å². The zero-order valence-electron chi connectivity index (χ0n) is 14.7. The van der Waals surface area contributed by atoms with Crippen LogP contribution in [0.2, 0.25) is 0 Å². The maximum absolute atomic E-state index is 13.1. The number of hydrogen-bond acceptors (Lipinski definition) is 2. The van der Waals surface area contributed by atoms with Gasteiger partial charge in [-0.05, 0) is 52.4 Å². The van der Waals surface area contributed by atoms with Crippen molar-refractivity contribution in [3.05, 3.63) is 0 Å². The third-order valence-corrected chi connectivity index (χ3v) is 5.74. The van der Waals surface area contributed by atoms with Crippen LogP contribution in [-0.4, -0.2) is 34.5 Å². The lowest BCUT2D eigenvalue weighted by atomic mass is 9.78. The van der Waals surface area contributed by atoms with E-state index in [4.69, 9.17) is 0 Å². The van der Waals surface area contributed by atoms with E-state index in [9.17, 15) is 4.79 Å². The van der Waals surface area contributed by atoms with Crippen LogP contribution in [0.4, 0.5) is 0 Å². The molecule has 3 nitrogen and oxygen atoms in total. The Labute approximate surface area is 130 Å². The van der Waals surface area contributed by atoms with Crippen molar-refractivity contribution < 1.29 is 4.79 Å². The number of carbonyl (C=O) groups excluding carboxylic acids is 1. The molecule has 0 spiro atoms. The van der Waals surface area contributed by atoms with Crippen molar-refractivity contribution in [3.63, 3.8) is 0 Å². The SMILES string of the molecule is CCC1(CC)CN(C(C)(C)C)C(=O)C(C2CCCCC2)N1. The molecule has 2 fully saturated rings. The topological polar surface area (TPSA) is 32.3 Å². The minimum absolute atomic E-state index is 0.0400. The molecule has 0 aromatic heterocycles. The van der Waals surface area contributed by atoms with E-state index in [1.807, 2.05) is 0 Å². The summed E-state index contributed by atoms with van der Waals surface area (Å²) in [7, 11) is 0. The molecule has 1 saturated carbocycles. The Kier molecular flexibility index (Phi) is 5.02. The van der Waals surface area contributed by atoms with Gasteiger partial charge < -0.3 is 4.90 Å². The van der Waals surface area contributed by atoms with Crippen molar-refractivity contribution in [2.75, 3.05) is 6.54 Å². The summed E-state index contributed by atoms with van der Waals surface area (Å²) in [6.07, 6.45) is 8.52. The van der Waals surface area contributed by atoms with Gasteiger partial charge in [0.15, 0.2) is 0 Å². The Hall–Kier alpha value is -0.570. The second-order valence-corrected chi connectivity index (χ2v) is 8.10. The number of nitrogens with one attached hydrogen (secondary N) is 1. The maximum atomic E-state index is 13.1. The molecule has 21 heavy (non-hydrogen) atoms. The Balaban J connectivity index is 2.27. The van der Waals surface area contributed by atoms with Crippen LogP contribution in [0.5, 0.6) is 0 Å². The van der Waals surface area contributed by atoms with Crippen molar-refractivity contribution in [1.82, 2.24) is 10.2 Å². The quantitative estimate of drug-likeness (QED) is 0.860. The molecule has 1 aliphatic heterocycles. The van der Waals surface area contributed by atoms with Gasteiger partial charge in [0.2, 0.25) is 5.91 Å². The van der Waals surface area contributed by atoms with E-state index in [-0.39, 0.29) is 17.1 Å². The van der Waals surface area contributed by atoms with Crippen LogP contribution in [0, 0.1) is 5.92 Å². The zero-order valence-corrected chi connectivity index (χ0v) is 14.7. The minimum Gasteiger partial charge on any atom is -0.335 e. The summed E-state index contributed by atoms with van der Waals surface area (Å²) in [4.78, 5) is 15.2.